The molecule has 3 amide bonds. The van der Waals surface area contributed by atoms with Gasteiger partial charge in [0, 0.05) is 11.4 Å². The minimum absolute atomic E-state index is 0.236. The Kier molecular flexibility index (Phi) is 12.7. The summed E-state index contributed by atoms with van der Waals surface area (Å²) in [6.07, 6.45) is 3.35. The van der Waals surface area contributed by atoms with Gasteiger partial charge in [-0.15, -0.1) is 0 Å². The molecule has 3 aromatic carbocycles. The van der Waals surface area contributed by atoms with Gasteiger partial charge in [-0.2, -0.15) is 5.10 Å². The Hall–Kier alpha value is -5.06. The Morgan fingerprint density at radius 2 is 1.36 bits per heavy atom. The second-order valence-electron chi connectivity index (χ2n) is 8.81. The number of nitrogens with one attached hydrogen (secondary N) is 3. The second-order valence-corrected chi connectivity index (χ2v) is 8.81. The van der Waals surface area contributed by atoms with E-state index in [9.17, 15) is 14.4 Å². The SMILES string of the molecule is CCCCOc1ccc(NC(=O)C(=O)N/N=C\c2ccc(OCC(=O)Nc3ccc(OCC)cc3)c(OCC)c2)cc1. The van der Waals surface area contributed by atoms with Crippen molar-refractivity contribution in [2.45, 2.75) is 33.6 Å². The molecule has 0 radical (unpaired) electrons. The van der Waals surface area contributed by atoms with Crippen LogP contribution >= 0.6 is 0 Å². The number of carbonyl (C=O) groups excluding carboxylic acids is 3. The molecule has 0 saturated carbocycles. The van der Waals surface area contributed by atoms with Crippen molar-refractivity contribution in [3.8, 4) is 23.0 Å². The highest BCUT2D eigenvalue weighted by atomic mass is 16.5. The molecule has 3 aromatic rings. The van der Waals surface area contributed by atoms with Crippen molar-refractivity contribution in [1.29, 1.82) is 0 Å². The monoisotopic (exact) mass is 576 g/mol. The summed E-state index contributed by atoms with van der Waals surface area (Å²) in [6.45, 7) is 7.09. The molecule has 0 unspecified atom stereocenters. The molecule has 0 saturated heterocycles. The van der Waals surface area contributed by atoms with Gasteiger partial charge in [-0.1, -0.05) is 13.3 Å². The lowest BCUT2D eigenvalue weighted by molar-refractivity contribution is -0.136. The van der Waals surface area contributed by atoms with Crippen LogP contribution in [0.2, 0.25) is 0 Å². The molecule has 42 heavy (non-hydrogen) atoms. The molecule has 11 heteroatoms. The topological polar surface area (TPSA) is 137 Å². The summed E-state index contributed by atoms with van der Waals surface area (Å²) in [5, 5.41) is 9.12. The maximum Gasteiger partial charge on any atom is 0.329 e. The van der Waals surface area contributed by atoms with Gasteiger partial charge >= 0.3 is 11.8 Å². The van der Waals surface area contributed by atoms with Crippen LogP contribution < -0.4 is 35.0 Å². The number of hydrogen-bond donors (Lipinski definition) is 3. The van der Waals surface area contributed by atoms with Gasteiger partial charge in [-0.05, 0) is 92.6 Å². The highest BCUT2D eigenvalue weighted by molar-refractivity contribution is 6.39. The fraction of sp³-hybridized carbons (Fsp3) is 0.290. The van der Waals surface area contributed by atoms with Crippen LogP contribution in [0.25, 0.3) is 0 Å². The number of benzene rings is 3. The zero-order chi connectivity index (χ0) is 30.2. The third-order valence-electron chi connectivity index (χ3n) is 5.54. The number of rotatable bonds is 15. The number of anilines is 2. The van der Waals surface area contributed by atoms with Crippen molar-refractivity contribution < 1.29 is 33.3 Å². The molecule has 11 nitrogen and oxygen atoms in total. The van der Waals surface area contributed by atoms with E-state index in [1.54, 1.807) is 66.7 Å². The van der Waals surface area contributed by atoms with Gasteiger partial charge < -0.3 is 29.6 Å². The number of unbranched alkanes of at least 4 members (excludes halogenated alkanes) is 1. The fourth-order valence-corrected chi connectivity index (χ4v) is 3.51. The first-order chi connectivity index (χ1) is 20.4. The first-order valence-electron chi connectivity index (χ1n) is 13.7. The number of hydrazone groups is 1. The van der Waals surface area contributed by atoms with Crippen LogP contribution in [-0.4, -0.2) is 50.4 Å². The maximum absolute atomic E-state index is 12.4. The smallest absolute Gasteiger partial charge is 0.329 e. The summed E-state index contributed by atoms with van der Waals surface area (Å²) in [4.78, 5) is 36.8. The molecular formula is C31H36N4O7. The molecule has 0 aliphatic rings. The third-order valence-corrected chi connectivity index (χ3v) is 5.54. The third kappa shape index (κ3) is 10.5. The van der Waals surface area contributed by atoms with E-state index >= 15 is 0 Å². The summed E-state index contributed by atoms with van der Waals surface area (Å²) in [6, 6.07) is 18.7. The summed E-state index contributed by atoms with van der Waals surface area (Å²) >= 11 is 0. The fourth-order valence-electron chi connectivity index (χ4n) is 3.51. The standard InChI is InChI=1S/C31H36N4O7/c1-4-7-18-41-26-15-11-24(12-16-26)34-30(37)31(38)35-32-20-22-8-17-27(28(19-22)40-6-3)42-21-29(36)33-23-9-13-25(14-10-23)39-5-2/h8-17,19-20H,4-7,18,21H2,1-3H3,(H,33,36)(H,34,37)(H,35,38)/b32-20-. The second kappa shape index (κ2) is 16.9. The molecule has 0 atom stereocenters. The number of hydrogen-bond acceptors (Lipinski definition) is 8. The van der Waals surface area contributed by atoms with Crippen LogP contribution in [0.15, 0.2) is 71.8 Å². The molecule has 0 heterocycles. The zero-order valence-corrected chi connectivity index (χ0v) is 24.0. The van der Waals surface area contributed by atoms with Crippen molar-refractivity contribution in [2.75, 3.05) is 37.1 Å². The van der Waals surface area contributed by atoms with Crippen molar-refractivity contribution in [1.82, 2.24) is 5.43 Å². The van der Waals surface area contributed by atoms with E-state index in [4.69, 9.17) is 18.9 Å². The lowest BCUT2D eigenvalue weighted by Crippen LogP contribution is -2.32. The van der Waals surface area contributed by atoms with Crippen LogP contribution in [-0.2, 0) is 14.4 Å². The van der Waals surface area contributed by atoms with Crippen molar-refractivity contribution in [2.24, 2.45) is 5.10 Å². The van der Waals surface area contributed by atoms with Crippen LogP contribution in [0.3, 0.4) is 0 Å². The lowest BCUT2D eigenvalue weighted by Gasteiger charge is -2.13. The Balaban J connectivity index is 1.49. The van der Waals surface area contributed by atoms with Gasteiger partial charge in [-0.3, -0.25) is 14.4 Å². The predicted molar refractivity (Wildman–Crippen MR) is 161 cm³/mol. The average Bonchev–Trinajstić information content (AvgIpc) is 2.99. The van der Waals surface area contributed by atoms with Gasteiger partial charge in [0.1, 0.15) is 11.5 Å². The first-order valence-corrected chi connectivity index (χ1v) is 13.7. The van der Waals surface area contributed by atoms with E-state index in [2.05, 4.69) is 28.1 Å². The van der Waals surface area contributed by atoms with E-state index in [0.29, 0.717) is 59.8 Å². The molecule has 3 N–H and O–H groups in total. The van der Waals surface area contributed by atoms with Crippen molar-refractivity contribution >= 4 is 35.3 Å². The Morgan fingerprint density at radius 3 is 2.00 bits per heavy atom. The summed E-state index contributed by atoms with van der Waals surface area (Å²) in [5.41, 5.74) is 3.84. The van der Waals surface area contributed by atoms with Gasteiger partial charge in [0.15, 0.2) is 18.1 Å². The Bertz CT molecular complexity index is 1340. The molecule has 0 aromatic heterocycles. The lowest BCUT2D eigenvalue weighted by atomic mass is 10.2. The average molecular weight is 577 g/mol. The Morgan fingerprint density at radius 1 is 0.714 bits per heavy atom. The van der Waals surface area contributed by atoms with Crippen molar-refractivity contribution in [3.63, 3.8) is 0 Å². The summed E-state index contributed by atoms with van der Waals surface area (Å²) < 4.78 is 22.3. The Labute approximate surface area is 245 Å². The van der Waals surface area contributed by atoms with Crippen molar-refractivity contribution in [3.05, 3.63) is 72.3 Å². The summed E-state index contributed by atoms with van der Waals surface area (Å²) in [5.74, 6) is 0.0128. The van der Waals surface area contributed by atoms with E-state index < -0.39 is 11.8 Å². The highest BCUT2D eigenvalue weighted by Crippen LogP contribution is 2.28. The minimum atomic E-state index is -0.932. The van der Waals surface area contributed by atoms with E-state index in [1.807, 2.05) is 13.8 Å². The number of carbonyl (C=O) groups is 3. The molecule has 3 rings (SSSR count). The van der Waals surface area contributed by atoms with E-state index in [0.717, 1.165) is 12.8 Å². The molecular weight excluding hydrogens is 540 g/mol. The van der Waals surface area contributed by atoms with Crippen LogP contribution in [0.5, 0.6) is 23.0 Å². The van der Waals surface area contributed by atoms with Gasteiger partial charge in [-0.25, -0.2) is 5.43 Å². The molecule has 222 valence electrons. The van der Waals surface area contributed by atoms with E-state index in [-0.39, 0.29) is 12.5 Å². The molecule has 0 aliphatic carbocycles. The van der Waals surface area contributed by atoms with Gasteiger partial charge in [0.25, 0.3) is 5.91 Å². The van der Waals surface area contributed by atoms with E-state index in [1.165, 1.54) is 6.21 Å². The van der Waals surface area contributed by atoms with Gasteiger partial charge in [0.05, 0.1) is 26.0 Å². The first kappa shape index (κ1) is 31.5. The number of nitrogens with zero attached hydrogens (tertiary/aromatic N) is 1. The zero-order valence-electron chi connectivity index (χ0n) is 24.0. The molecule has 0 spiro atoms. The summed E-state index contributed by atoms with van der Waals surface area (Å²) in [7, 11) is 0. The number of ether oxygens (including phenoxy) is 4. The number of amides is 3. The molecule has 0 fully saturated rings. The molecule has 0 aliphatic heterocycles. The minimum Gasteiger partial charge on any atom is -0.494 e. The molecule has 0 bridgehead atoms. The van der Waals surface area contributed by atoms with Gasteiger partial charge in [0.2, 0.25) is 0 Å². The highest BCUT2D eigenvalue weighted by Gasteiger charge is 2.13. The van der Waals surface area contributed by atoms with Crippen LogP contribution in [0.1, 0.15) is 39.2 Å². The largest absolute Gasteiger partial charge is 0.494 e. The quantitative estimate of drug-likeness (QED) is 0.103. The van der Waals surface area contributed by atoms with Crippen LogP contribution in [0.4, 0.5) is 11.4 Å². The van der Waals surface area contributed by atoms with Crippen LogP contribution in [0, 0.1) is 0 Å². The normalized spacial score (nSPS) is 10.5. The maximum atomic E-state index is 12.4. The predicted octanol–water partition coefficient (Wildman–Crippen LogP) is 4.77.